The minimum atomic E-state index is 0.723. The summed E-state index contributed by atoms with van der Waals surface area (Å²) in [4.78, 5) is 0. The van der Waals surface area contributed by atoms with Gasteiger partial charge in [-0.2, -0.15) is 0 Å². The second-order valence-corrected chi connectivity index (χ2v) is 3.40. The Morgan fingerprint density at radius 3 is 1.85 bits per heavy atom. The molecule has 1 aromatic carbocycles. The molecule has 0 bridgehead atoms. The molecule has 0 saturated heterocycles. The Hall–Kier alpha value is -0.200. The molecular weight excluding hydrogens is 203 g/mol. The van der Waals surface area contributed by atoms with Crippen LogP contribution in [0.25, 0.3) is 0 Å². The second kappa shape index (κ2) is 7.23. The zero-order valence-electron chi connectivity index (χ0n) is 8.40. The molecule has 0 atom stereocenters. The van der Waals surface area contributed by atoms with Crippen LogP contribution in [0.5, 0.6) is 0 Å². The van der Waals surface area contributed by atoms with E-state index in [1.807, 2.05) is 26.0 Å². The molecule has 0 aliphatic heterocycles. The van der Waals surface area contributed by atoms with Crippen LogP contribution in [-0.2, 0) is 6.42 Å². The average Bonchev–Trinajstić information content (AvgIpc) is 2.06. The topological polar surface area (TPSA) is 0 Å². The summed E-state index contributed by atoms with van der Waals surface area (Å²) in [6.45, 7) is 6.13. The monoisotopic (exact) mass is 218 g/mol. The van der Waals surface area contributed by atoms with Crippen molar-refractivity contribution in [3.63, 3.8) is 0 Å². The first-order valence-corrected chi connectivity index (χ1v) is 5.43. The van der Waals surface area contributed by atoms with Crippen molar-refractivity contribution in [2.75, 3.05) is 0 Å². The van der Waals surface area contributed by atoms with E-state index in [0.717, 1.165) is 22.9 Å². The zero-order chi connectivity index (χ0) is 10.3. The van der Waals surface area contributed by atoms with E-state index in [1.54, 1.807) is 6.07 Å². The maximum absolute atomic E-state index is 5.80. The second-order valence-electron chi connectivity index (χ2n) is 2.53. The number of hydrogen-bond acceptors (Lipinski definition) is 0. The molecule has 0 N–H and O–H groups in total. The highest BCUT2D eigenvalue weighted by Gasteiger charge is 1.95. The van der Waals surface area contributed by atoms with Crippen molar-refractivity contribution < 1.29 is 0 Å². The van der Waals surface area contributed by atoms with Crippen molar-refractivity contribution in [1.29, 1.82) is 0 Å². The van der Waals surface area contributed by atoms with Gasteiger partial charge in [0.25, 0.3) is 0 Å². The summed E-state index contributed by atoms with van der Waals surface area (Å²) in [6, 6.07) is 5.66. The Balaban J connectivity index is 0.000000671. The fraction of sp³-hybridized carbons (Fsp3) is 0.455. The van der Waals surface area contributed by atoms with E-state index in [0.29, 0.717) is 0 Å². The molecule has 2 heteroatoms. The van der Waals surface area contributed by atoms with E-state index >= 15 is 0 Å². The van der Waals surface area contributed by atoms with Crippen molar-refractivity contribution in [3.05, 3.63) is 33.8 Å². The van der Waals surface area contributed by atoms with E-state index in [1.165, 1.54) is 5.56 Å². The molecule has 0 saturated carbocycles. The van der Waals surface area contributed by atoms with E-state index in [2.05, 4.69) is 6.92 Å². The summed E-state index contributed by atoms with van der Waals surface area (Å²) >= 11 is 11.6. The Bertz CT molecular complexity index is 224. The van der Waals surface area contributed by atoms with E-state index in [9.17, 15) is 0 Å². The highest BCUT2D eigenvalue weighted by molar-refractivity contribution is 6.34. The number of hydrogen-bond donors (Lipinski definition) is 0. The normalized spacial score (nSPS) is 9.00. The van der Waals surface area contributed by atoms with Gasteiger partial charge in [-0.3, -0.25) is 0 Å². The molecule has 0 heterocycles. The lowest BCUT2D eigenvalue weighted by Gasteiger charge is -1.99. The van der Waals surface area contributed by atoms with Gasteiger partial charge in [-0.15, -0.1) is 0 Å². The molecule has 0 aliphatic rings. The van der Waals surface area contributed by atoms with Crippen molar-refractivity contribution in [2.24, 2.45) is 0 Å². The third-order valence-electron chi connectivity index (χ3n) is 1.46. The molecule has 0 unspecified atom stereocenters. The summed E-state index contributed by atoms with van der Waals surface area (Å²) in [5, 5.41) is 1.45. The molecule has 0 nitrogen and oxygen atoms in total. The predicted octanol–water partition coefficient (Wildman–Crippen LogP) is 4.97. The van der Waals surface area contributed by atoms with Gasteiger partial charge in [-0.25, -0.2) is 0 Å². The summed E-state index contributed by atoms with van der Waals surface area (Å²) in [7, 11) is 0. The van der Waals surface area contributed by atoms with Gasteiger partial charge in [0.2, 0.25) is 0 Å². The lowest BCUT2D eigenvalue weighted by molar-refractivity contribution is 0.922. The van der Waals surface area contributed by atoms with Gasteiger partial charge in [0.1, 0.15) is 0 Å². The molecule has 13 heavy (non-hydrogen) atoms. The molecule has 1 aromatic rings. The average molecular weight is 219 g/mol. The van der Waals surface area contributed by atoms with Crippen LogP contribution in [0.3, 0.4) is 0 Å². The number of aryl methyl sites for hydroxylation is 1. The number of benzene rings is 1. The summed E-state index contributed by atoms with van der Waals surface area (Å²) in [5.41, 5.74) is 1.21. The minimum Gasteiger partial charge on any atom is -0.0843 e. The SMILES string of the molecule is CC.CCCc1cc(Cl)cc(Cl)c1. The molecule has 0 aliphatic carbocycles. The zero-order valence-corrected chi connectivity index (χ0v) is 9.91. The van der Waals surface area contributed by atoms with Gasteiger partial charge >= 0.3 is 0 Å². The van der Waals surface area contributed by atoms with Crippen molar-refractivity contribution in [2.45, 2.75) is 33.6 Å². The number of halogens is 2. The van der Waals surface area contributed by atoms with E-state index < -0.39 is 0 Å². The molecule has 1 rings (SSSR count). The largest absolute Gasteiger partial charge is 0.0843 e. The van der Waals surface area contributed by atoms with Gasteiger partial charge < -0.3 is 0 Å². The standard InChI is InChI=1S/C9H10Cl2.C2H6/c1-2-3-7-4-8(10)6-9(11)5-7;1-2/h4-6H,2-3H2,1H3;1-2H3. The highest BCUT2D eigenvalue weighted by Crippen LogP contribution is 2.19. The molecule has 0 fully saturated rings. The van der Waals surface area contributed by atoms with Crippen LogP contribution < -0.4 is 0 Å². The Morgan fingerprint density at radius 2 is 1.46 bits per heavy atom. The maximum atomic E-state index is 5.80. The fourth-order valence-corrected chi connectivity index (χ4v) is 1.62. The van der Waals surface area contributed by atoms with Gasteiger partial charge in [0.05, 0.1) is 0 Å². The Kier molecular flexibility index (Phi) is 7.12. The van der Waals surface area contributed by atoms with Crippen LogP contribution in [-0.4, -0.2) is 0 Å². The quantitative estimate of drug-likeness (QED) is 0.658. The first-order chi connectivity index (χ1) is 6.22. The highest BCUT2D eigenvalue weighted by atomic mass is 35.5. The number of rotatable bonds is 2. The van der Waals surface area contributed by atoms with Crippen molar-refractivity contribution >= 4 is 23.2 Å². The summed E-state index contributed by atoms with van der Waals surface area (Å²) < 4.78 is 0. The molecule has 0 aromatic heterocycles. The molecule has 0 spiro atoms. The lowest BCUT2D eigenvalue weighted by atomic mass is 10.1. The van der Waals surface area contributed by atoms with Gasteiger partial charge in [0.15, 0.2) is 0 Å². The van der Waals surface area contributed by atoms with Gasteiger partial charge in [-0.1, -0.05) is 50.4 Å². The van der Waals surface area contributed by atoms with Crippen LogP contribution in [0.4, 0.5) is 0 Å². The Morgan fingerprint density at radius 1 is 1.00 bits per heavy atom. The van der Waals surface area contributed by atoms with Crippen molar-refractivity contribution in [1.82, 2.24) is 0 Å². The fourth-order valence-electron chi connectivity index (χ4n) is 1.04. The van der Waals surface area contributed by atoms with Crippen LogP contribution in [0.1, 0.15) is 32.8 Å². The first kappa shape index (κ1) is 12.8. The third-order valence-corrected chi connectivity index (χ3v) is 1.90. The first-order valence-electron chi connectivity index (χ1n) is 4.67. The molecule has 0 radical (unpaired) electrons. The van der Waals surface area contributed by atoms with E-state index in [4.69, 9.17) is 23.2 Å². The van der Waals surface area contributed by atoms with Crippen LogP contribution in [0, 0.1) is 0 Å². The van der Waals surface area contributed by atoms with Gasteiger partial charge in [-0.05, 0) is 30.2 Å². The van der Waals surface area contributed by atoms with Crippen molar-refractivity contribution in [3.8, 4) is 0 Å². The smallest absolute Gasteiger partial charge is 0.0423 e. The molecular formula is C11H16Cl2. The predicted molar refractivity (Wildman–Crippen MR) is 61.8 cm³/mol. The third kappa shape index (κ3) is 5.17. The summed E-state index contributed by atoms with van der Waals surface area (Å²) in [6.07, 6.45) is 2.16. The van der Waals surface area contributed by atoms with Crippen LogP contribution in [0.2, 0.25) is 10.0 Å². The molecule has 74 valence electrons. The molecule has 0 amide bonds. The van der Waals surface area contributed by atoms with Crippen LogP contribution >= 0.6 is 23.2 Å². The lowest BCUT2D eigenvalue weighted by Crippen LogP contribution is -1.82. The Labute approximate surface area is 90.9 Å². The van der Waals surface area contributed by atoms with Gasteiger partial charge in [0, 0.05) is 10.0 Å². The van der Waals surface area contributed by atoms with E-state index in [-0.39, 0.29) is 0 Å². The van der Waals surface area contributed by atoms with Crippen LogP contribution in [0.15, 0.2) is 18.2 Å². The maximum Gasteiger partial charge on any atom is 0.0423 e. The summed E-state index contributed by atoms with van der Waals surface area (Å²) in [5.74, 6) is 0. The minimum absolute atomic E-state index is 0.723.